The third kappa shape index (κ3) is 2.54. The van der Waals surface area contributed by atoms with E-state index in [0.29, 0.717) is 0 Å². The molecule has 0 radical (unpaired) electrons. The number of nitrogens with zero attached hydrogens (tertiary/aromatic N) is 1. The third-order valence-corrected chi connectivity index (χ3v) is 3.56. The molecule has 0 amide bonds. The lowest BCUT2D eigenvalue weighted by atomic mass is 10.1. The van der Waals surface area contributed by atoms with Gasteiger partial charge in [0.15, 0.2) is 14.6 Å². The van der Waals surface area contributed by atoms with Crippen LogP contribution in [0.1, 0.15) is 6.42 Å². The molecule has 0 fully saturated rings. The first-order valence-electron chi connectivity index (χ1n) is 3.64. The van der Waals surface area contributed by atoms with Crippen molar-refractivity contribution in [3.05, 3.63) is 12.7 Å². The third-order valence-electron chi connectivity index (χ3n) is 1.77. The van der Waals surface area contributed by atoms with E-state index in [0.717, 1.165) is 6.26 Å². The lowest BCUT2D eigenvalue weighted by Crippen LogP contribution is -2.40. The van der Waals surface area contributed by atoms with Crippen LogP contribution >= 0.6 is 0 Å². The highest BCUT2D eigenvalue weighted by molar-refractivity contribution is 7.92. The summed E-state index contributed by atoms with van der Waals surface area (Å²) in [5.74, 6) is 0. The van der Waals surface area contributed by atoms with Crippen molar-refractivity contribution in [1.82, 2.24) is 0 Å². The van der Waals surface area contributed by atoms with Crippen molar-refractivity contribution >= 4 is 9.84 Å². The van der Waals surface area contributed by atoms with Crippen molar-refractivity contribution in [3.63, 3.8) is 0 Å². The molecule has 0 heterocycles. The standard InChI is InChI=1S/C8H13NO3S/c1-4-5-8(6-9,7-12-2)13(3,10)11/h4H,1,5,7H2,2-3H3. The van der Waals surface area contributed by atoms with Gasteiger partial charge in [-0.05, 0) is 0 Å². The van der Waals surface area contributed by atoms with Gasteiger partial charge in [-0.2, -0.15) is 5.26 Å². The van der Waals surface area contributed by atoms with Gasteiger partial charge in [-0.1, -0.05) is 6.08 Å². The molecule has 0 N–H and O–H groups in total. The molecule has 0 saturated carbocycles. The largest absolute Gasteiger partial charge is 0.382 e. The van der Waals surface area contributed by atoms with Crippen LogP contribution in [0.25, 0.3) is 0 Å². The number of sulfone groups is 1. The average molecular weight is 203 g/mol. The van der Waals surface area contributed by atoms with E-state index in [4.69, 9.17) is 10.00 Å². The molecule has 0 aromatic carbocycles. The quantitative estimate of drug-likeness (QED) is 0.611. The fraction of sp³-hybridized carbons (Fsp3) is 0.625. The summed E-state index contributed by atoms with van der Waals surface area (Å²) in [5.41, 5.74) is 0. The molecule has 0 bridgehead atoms. The van der Waals surface area contributed by atoms with E-state index >= 15 is 0 Å². The van der Waals surface area contributed by atoms with Gasteiger partial charge in [-0.15, -0.1) is 6.58 Å². The Bertz CT molecular complexity index is 315. The zero-order valence-corrected chi connectivity index (χ0v) is 8.60. The first kappa shape index (κ1) is 12.1. The number of ether oxygens (including phenoxy) is 1. The average Bonchev–Trinajstić information content (AvgIpc) is 2.02. The van der Waals surface area contributed by atoms with E-state index in [2.05, 4.69) is 6.58 Å². The van der Waals surface area contributed by atoms with E-state index < -0.39 is 14.6 Å². The van der Waals surface area contributed by atoms with Gasteiger partial charge < -0.3 is 4.74 Å². The summed E-state index contributed by atoms with van der Waals surface area (Å²) < 4.78 is 25.9. The summed E-state index contributed by atoms with van der Waals surface area (Å²) >= 11 is 0. The lowest BCUT2D eigenvalue weighted by Gasteiger charge is -2.21. The molecule has 4 nitrogen and oxygen atoms in total. The molecule has 74 valence electrons. The SMILES string of the molecule is C=CCC(C#N)(COC)S(C)(=O)=O. The fourth-order valence-corrected chi connectivity index (χ4v) is 1.86. The van der Waals surface area contributed by atoms with Crippen LogP contribution in [-0.2, 0) is 14.6 Å². The molecule has 0 aliphatic rings. The Labute approximate surface area is 78.7 Å². The predicted molar refractivity (Wildman–Crippen MR) is 49.9 cm³/mol. The van der Waals surface area contributed by atoms with Gasteiger partial charge >= 0.3 is 0 Å². The van der Waals surface area contributed by atoms with Crippen molar-refractivity contribution in [2.24, 2.45) is 0 Å². The number of rotatable bonds is 5. The number of methoxy groups -OCH3 is 1. The highest BCUT2D eigenvalue weighted by atomic mass is 32.2. The molecule has 13 heavy (non-hydrogen) atoms. The van der Waals surface area contributed by atoms with Gasteiger partial charge in [0.2, 0.25) is 0 Å². The van der Waals surface area contributed by atoms with Gasteiger partial charge in [0.1, 0.15) is 0 Å². The normalized spacial score (nSPS) is 15.8. The molecule has 1 atom stereocenters. The molecule has 0 spiro atoms. The minimum absolute atomic E-state index is 0.0795. The van der Waals surface area contributed by atoms with Gasteiger partial charge in [0.05, 0.1) is 12.7 Å². The van der Waals surface area contributed by atoms with Crippen molar-refractivity contribution in [2.75, 3.05) is 20.0 Å². The second kappa shape index (κ2) is 4.40. The maximum Gasteiger partial charge on any atom is 0.184 e. The zero-order valence-electron chi connectivity index (χ0n) is 7.78. The van der Waals surface area contributed by atoms with Crippen LogP contribution in [0.5, 0.6) is 0 Å². The van der Waals surface area contributed by atoms with Crippen LogP contribution in [0.4, 0.5) is 0 Å². The minimum Gasteiger partial charge on any atom is -0.382 e. The highest BCUT2D eigenvalue weighted by Gasteiger charge is 2.40. The second-order valence-electron chi connectivity index (χ2n) is 2.80. The minimum atomic E-state index is -3.46. The number of allylic oxidation sites excluding steroid dienone is 1. The Morgan fingerprint density at radius 3 is 2.46 bits per heavy atom. The maximum atomic E-state index is 11.3. The second-order valence-corrected chi connectivity index (χ2v) is 5.13. The summed E-state index contributed by atoms with van der Waals surface area (Å²) in [6.45, 7) is 3.29. The van der Waals surface area contributed by atoms with Crippen LogP contribution in [0.2, 0.25) is 0 Å². The Morgan fingerprint density at radius 2 is 2.23 bits per heavy atom. The van der Waals surface area contributed by atoms with Gasteiger partial charge in [0, 0.05) is 19.8 Å². The van der Waals surface area contributed by atoms with Gasteiger partial charge in [0.25, 0.3) is 0 Å². The van der Waals surface area contributed by atoms with E-state index in [1.165, 1.54) is 13.2 Å². The van der Waals surface area contributed by atoms with E-state index in [1.807, 2.05) is 0 Å². The highest BCUT2D eigenvalue weighted by Crippen LogP contribution is 2.21. The molecule has 5 heteroatoms. The summed E-state index contributed by atoms with van der Waals surface area (Å²) in [7, 11) is -2.10. The molecular formula is C8H13NO3S. The maximum absolute atomic E-state index is 11.3. The van der Waals surface area contributed by atoms with Crippen molar-refractivity contribution in [2.45, 2.75) is 11.2 Å². The van der Waals surface area contributed by atoms with Crippen LogP contribution < -0.4 is 0 Å². The Kier molecular flexibility index (Phi) is 4.11. The smallest absolute Gasteiger partial charge is 0.184 e. The topological polar surface area (TPSA) is 67.2 Å². The molecular weight excluding hydrogens is 190 g/mol. The van der Waals surface area contributed by atoms with Crippen molar-refractivity contribution in [1.29, 1.82) is 5.26 Å². The lowest BCUT2D eigenvalue weighted by molar-refractivity contribution is 0.181. The number of hydrogen-bond donors (Lipinski definition) is 0. The van der Waals surface area contributed by atoms with Crippen LogP contribution in [-0.4, -0.2) is 33.1 Å². The fourth-order valence-electron chi connectivity index (χ4n) is 0.944. The Balaban J connectivity index is 5.13. The molecule has 0 aliphatic carbocycles. The molecule has 0 aromatic rings. The summed E-state index contributed by atoms with van der Waals surface area (Å²) in [4.78, 5) is 0. The van der Waals surface area contributed by atoms with E-state index in [9.17, 15) is 8.42 Å². The summed E-state index contributed by atoms with van der Waals surface area (Å²) in [6, 6.07) is 1.77. The van der Waals surface area contributed by atoms with Crippen LogP contribution in [0, 0.1) is 11.3 Å². The van der Waals surface area contributed by atoms with Crippen LogP contribution in [0.3, 0.4) is 0 Å². The number of hydrogen-bond acceptors (Lipinski definition) is 4. The Morgan fingerprint density at radius 1 is 1.69 bits per heavy atom. The molecule has 0 aliphatic heterocycles. The molecule has 0 aromatic heterocycles. The van der Waals surface area contributed by atoms with E-state index in [-0.39, 0.29) is 13.0 Å². The molecule has 0 saturated heterocycles. The van der Waals surface area contributed by atoms with Gasteiger partial charge in [-0.3, -0.25) is 0 Å². The molecule has 1 unspecified atom stereocenters. The first-order valence-corrected chi connectivity index (χ1v) is 5.53. The zero-order chi connectivity index (χ0) is 10.5. The van der Waals surface area contributed by atoms with Gasteiger partial charge in [-0.25, -0.2) is 8.42 Å². The molecule has 0 rings (SSSR count). The summed E-state index contributed by atoms with van der Waals surface area (Å²) in [5, 5.41) is 8.82. The summed E-state index contributed by atoms with van der Waals surface area (Å²) in [6.07, 6.45) is 2.51. The van der Waals surface area contributed by atoms with Crippen molar-refractivity contribution < 1.29 is 13.2 Å². The first-order chi connectivity index (χ1) is 5.93. The Hall–Kier alpha value is -0.860. The predicted octanol–water partition coefficient (Wildman–Crippen LogP) is 0.516. The van der Waals surface area contributed by atoms with Crippen molar-refractivity contribution in [3.8, 4) is 6.07 Å². The number of nitriles is 1. The van der Waals surface area contributed by atoms with Crippen LogP contribution in [0.15, 0.2) is 12.7 Å². The monoisotopic (exact) mass is 203 g/mol. The van der Waals surface area contributed by atoms with E-state index in [1.54, 1.807) is 6.07 Å².